The van der Waals surface area contributed by atoms with Crippen molar-refractivity contribution in [3.05, 3.63) is 122 Å². The second-order valence-electron chi connectivity index (χ2n) is 19.6. The zero-order chi connectivity index (χ0) is 49.7. The van der Waals surface area contributed by atoms with Crippen molar-refractivity contribution in [3.63, 3.8) is 0 Å². The number of halogens is 3. The molecule has 8 heterocycles. The van der Waals surface area contributed by atoms with Crippen molar-refractivity contribution in [1.29, 1.82) is 0 Å². The molecule has 4 aromatic heterocycles. The average Bonchev–Trinajstić information content (AvgIpc) is 4.18. The van der Waals surface area contributed by atoms with Crippen molar-refractivity contribution in [3.8, 4) is 0 Å². The Morgan fingerprint density at radius 1 is 0.714 bits per heavy atom. The molecule has 10 rings (SSSR count). The molecule has 2 aromatic carbocycles. The van der Waals surface area contributed by atoms with Crippen molar-refractivity contribution in [2.24, 2.45) is 5.73 Å². The standard InChI is InChI=1S/C23H27ClN6O.C19H18Cl2N4O.C9H18N2O2/c1-15-5-6-16(24)12-18(15)23(31)29-10-3-2-4-20(29)19-14-30-21(26-19)7-8-22(27-30)28-11-9-17(25)13-28;1-12-5-6-13(20)10-14(12)19(26)24-9-3-2-4-16(24)15-11-25-18(22-15)8-7-17(21)23-25;1-9(2,3)13-8(12)11-7-4-5-10-6-7/h5-8,12,14,17,20H,2-4,9-11,13,25H2,1H3;5-8,10-11,16H,2-4,9H2,1H3;7,10H,4-6H2,1-3H3,(H,11,12)/t17-,20-;16-;7-/m000/s1. The van der Waals surface area contributed by atoms with Crippen LogP contribution in [0, 0.1) is 13.8 Å². The normalized spacial score (nSPS) is 20.4. The molecule has 372 valence electrons. The lowest BCUT2D eigenvalue weighted by Crippen LogP contribution is -2.40. The monoisotopic (exact) mass is 1010 g/mol. The number of nitrogens with two attached hydrogens (primary N) is 1. The zero-order valence-electron chi connectivity index (χ0n) is 40.5. The Bertz CT molecular complexity index is 2820. The van der Waals surface area contributed by atoms with E-state index in [-0.39, 0.29) is 42.1 Å². The van der Waals surface area contributed by atoms with Crippen LogP contribution in [0.1, 0.15) is 127 Å². The van der Waals surface area contributed by atoms with E-state index < -0.39 is 5.60 Å². The average molecular weight is 1010 g/mol. The lowest BCUT2D eigenvalue weighted by molar-refractivity contribution is 0.0507. The van der Waals surface area contributed by atoms with Gasteiger partial charge in [0.1, 0.15) is 16.6 Å². The van der Waals surface area contributed by atoms with Crippen LogP contribution in [-0.4, -0.2) is 114 Å². The molecular formula is C51H63Cl3N12O4. The van der Waals surface area contributed by atoms with Crippen molar-refractivity contribution >= 4 is 69.8 Å². The number of benzene rings is 2. The molecule has 4 aliphatic rings. The molecule has 4 fully saturated rings. The Morgan fingerprint density at radius 2 is 1.27 bits per heavy atom. The van der Waals surface area contributed by atoms with E-state index in [0.717, 1.165) is 117 Å². The highest BCUT2D eigenvalue weighted by atomic mass is 35.5. The van der Waals surface area contributed by atoms with Crippen LogP contribution in [0.15, 0.2) is 73.1 Å². The molecule has 0 radical (unpaired) electrons. The minimum absolute atomic E-state index is 0.00209. The van der Waals surface area contributed by atoms with E-state index in [1.165, 1.54) is 0 Å². The highest BCUT2D eigenvalue weighted by molar-refractivity contribution is 6.31. The fraction of sp³-hybridized carbons (Fsp3) is 0.471. The summed E-state index contributed by atoms with van der Waals surface area (Å²) in [6.45, 7) is 14.4. The van der Waals surface area contributed by atoms with Crippen LogP contribution in [0.25, 0.3) is 11.3 Å². The van der Waals surface area contributed by atoms with E-state index in [1.54, 1.807) is 28.8 Å². The summed E-state index contributed by atoms with van der Waals surface area (Å²) in [5, 5.41) is 16.5. The number of piperidine rings is 2. The number of anilines is 1. The summed E-state index contributed by atoms with van der Waals surface area (Å²) in [6, 6.07) is 18.7. The summed E-state index contributed by atoms with van der Waals surface area (Å²) in [4.78, 5) is 53.5. The summed E-state index contributed by atoms with van der Waals surface area (Å²) < 4.78 is 8.62. The molecule has 4 atom stereocenters. The predicted octanol–water partition coefficient (Wildman–Crippen LogP) is 9.18. The van der Waals surface area contributed by atoms with Gasteiger partial charge < -0.3 is 35.8 Å². The van der Waals surface area contributed by atoms with Gasteiger partial charge >= 0.3 is 6.09 Å². The fourth-order valence-corrected chi connectivity index (χ4v) is 9.92. The number of nitrogens with zero attached hydrogens (tertiary/aromatic N) is 9. The first kappa shape index (κ1) is 50.9. The van der Waals surface area contributed by atoms with Crippen LogP contribution >= 0.6 is 34.8 Å². The van der Waals surface area contributed by atoms with Crippen molar-refractivity contribution < 1.29 is 19.1 Å². The van der Waals surface area contributed by atoms with Crippen molar-refractivity contribution in [1.82, 2.24) is 49.6 Å². The lowest BCUT2D eigenvalue weighted by Gasteiger charge is -2.35. The van der Waals surface area contributed by atoms with Crippen LogP contribution in [-0.2, 0) is 4.74 Å². The molecule has 16 nitrogen and oxygen atoms in total. The first-order valence-electron chi connectivity index (χ1n) is 24.2. The highest BCUT2D eigenvalue weighted by Gasteiger charge is 2.33. The maximum Gasteiger partial charge on any atom is 0.407 e. The zero-order valence-corrected chi connectivity index (χ0v) is 42.8. The molecule has 3 amide bonds. The minimum Gasteiger partial charge on any atom is -0.444 e. The summed E-state index contributed by atoms with van der Waals surface area (Å²) >= 11 is 18.3. The summed E-state index contributed by atoms with van der Waals surface area (Å²) in [7, 11) is 0. The molecule has 4 aliphatic heterocycles. The largest absolute Gasteiger partial charge is 0.444 e. The first-order chi connectivity index (χ1) is 33.5. The maximum atomic E-state index is 13.4. The van der Waals surface area contributed by atoms with E-state index in [1.807, 2.05) is 97.7 Å². The molecule has 4 saturated heterocycles. The number of alkyl carbamates (subject to hydrolysis) is 1. The van der Waals surface area contributed by atoms with E-state index >= 15 is 0 Å². The van der Waals surface area contributed by atoms with Gasteiger partial charge in [-0.1, -0.05) is 46.9 Å². The second kappa shape index (κ2) is 22.3. The quantitative estimate of drug-likeness (QED) is 0.145. The number of hydrogen-bond donors (Lipinski definition) is 3. The first-order valence-corrected chi connectivity index (χ1v) is 25.4. The molecule has 0 aliphatic carbocycles. The molecule has 6 aromatic rings. The van der Waals surface area contributed by atoms with Gasteiger partial charge in [0.2, 0.25) is 0 Å². The molecule has 4 N–H and O–H groups in total. The Hall–Kier alpha value is -5.52. The number of rotatable bonds is 6. The van der Waals surface area contributed by atoms with E-state index in [9.17, 15) is 14.4 Å². The SMILES string of the molecule is CC(C)(C)OC(=O)N[C@H]1CCNC1.Cc1ccc(Cl)cc1C(=O)N1CCCC[C@H]1c1cn2nc(Cl)ccc2n1.Cc1ccc(Cl)cc1C(=O)N1CCCC[C@H]1c1cn2nc(N3CC[C@H](N)C3)ccc2n1. The molecular weight excluding hydrogens is 951 g/mol. The van der Waals surface area contributed by atoms with Gasteiger partial charge in [-0.15, -0.1) is 5.10 Å². The fourth-order valence-electron chi connectivity index (χ4n) is 9.43. The predicted molar refractivity (Wildman–Crippen MR) is 274 cm³/mol. The van der Waals surface area contributed by atoms with Crippen LogP contribution < -0.4 is 21.3 Å². The number of amides is 3. The third-order valence-corrected chi connectivity index (χ3v) is 13.7. The smallest absolute Gasteiger partial charge is 0.407 e. The maximum absolute atomic E-state index is 13.4. The topological polar surface area (TPSA) is 181 Å². The minimum atomic E-state index is -0.407. The van der Waals surface area contributed by atoms with Gasteiger partial charge in [0, 0.05) is 66.0 Å². The number of imidazole rings is 2. The second-order valence-corrected chi connectivity index (χ2v) is 20.8. The Morgan fingerprint density at radius 3 is 1.79 bits per heavy atom. The Balaban J connectivity index is 0.000000153. The number of fused-ring (bicyclic) bond motifs is 2. The third kappa shape index (κ3) is 12.5. The number of carbonyl (C=O) groups excluding carboxylic acids is 3. The van der Waals surface area contributed by atoms with Crippen LogP contribution in [0.5, 0.6) is 0 Å². The van der Waals surface area contributed by atoms with Crippen LogP contribution in [0.3, 0.4) is 0 Å². The number of nitrogens with one attached hydrogen (secondary N) is 2. The van der Waals surface area contributed by atoms with Gasteiger partial charge in [-0.3, -0.25) is 9.59 Å². The Labute approximate surface area is 424 Å². The number of aromatic nitrogens is 6. The van der Waals surface area contributed by atoms with Gasteiger partial charge in [-0.05, 0) is 152 Å². The summed E-state index contributed by atoms with van der Waals surface area (Å²) in [6.07, 6.45) is 11.4. The van der Waals surface area contributed by atoms with Gasteiger partial charge in [-0.2, -0.15) is 5.10 Å². The van der Waals surface area contributed by atoms with Gasteiger partial charge in [0.15, 0.2) is 11.3 Å². The van der Waals surface area contributed by atoms with Crippen molar-refractivity contribution in [2.45, 2.75) is 116 Å². The highest BCUT2D eigenvalue weighted by Crippen LogP contribution is 2.35. The summed E-state index contributed by atoms with van der Waals surface area (Å²) in [5.74, 6) is 0.926. The van der Waals surface area contributed by atoms with E-state index in [0.29, 0.717) is 39.4 Å². The lowest BCUT2D eigenvalue weighted by atomic mass is 9.97. The molecule has 0 spiro atoms. The molecule has 0 bridgehead atoms. The molecule has 70 heavy (non-hydrogen) atoms. The summed E-state index contributed by atoms with van der Waals surface area (Å²) in [5.41, 5.74) is 12.1. The van der Waals surface area contributed by atoms with Crippen LogP contribution in [0.2, 0.25) is 15.2 Å². The van der Waals surface area contributed by atoms with Crippen LogP contribution in [0.4, 0.5) is 10.6 Å². The number of aryl methyl sites for hydroxylation is 2. The van der Waals surface area contributed by atoms with E-state index in [4.69, 9.17) is 55.4 Å². The van der Waals surface area contributed by atoms with Gasteiger partial charge in [0.25, 0.3) is 11.8 Å². The Kier molecular flexibility index (Phi) is 16.2. The number of hydrogen-bond acceptors (Lipinski definition) is 11. The molecule has 19 heteroatoms. The number of likely N-dealkylation sites (tertiary alicyclic amines) is 2. The third-order valence-electron chi connectivity index (χ3n) is 13.0. The van der Waals surface area contributed by atoms with Gasteiger partial charge in [-0.25, -0.2) is 23.8 Å². The van der Waals surface area contributed by atoms with Crippen molar-refractivity contribution in [2.75, 3.05) is 44.2 Å². The van der Waals surface area contributed by atoms with Gasteiger partial charge in [0.05, 0.1) is 35.9 Å². The molecule has 0 unspecified atom stereocenters. The van der Waals surface area contributed by atoms with E-state index in [2.05, 4.69) is 25.6 Å². The number of ether oxygens (including phenoxy) is 1. The number of carbonyl (C=O) groups is 3. The molecule has 0 saturated carbocycles.